The van der Waals surface area contributed by atoms with E-state index in [0.717, 1.165) is 53.6 Å². The predicted molar refractivity (Wildman–Crippen MR) is 109 cm³/mol. The summed E-state index contributed by atoms with van der Waals surface area (Å²) in [5.41, 5.74) is 4.88. The molecule has 27 heavy (non-hydrogen) atoms. The Hall–Kier alpha value is -2.47. The Morgan fingerprint density at radius 2 is 1.85 bits per heavy atom. The van der Waals surface area contributed by atoms with E-state index in [0.29, 0.717) is 0 Å². The van der Waals surface area contributed by atoms with Crippen LogP contribution in [-0.4, -0.2) is 28.0 Å². The van der Waals surface area contributed by atoms with Crippen LogP contribution in [0.25, 0.3) is 31.9 Å². The van der Waals surface area contributed by atoms with Crippen LogP contribution in [0.1, 0.15) is 36.8 Å². The maximum absolute atomic E-state index is 5.72. The van der Waals surface area contributed by atoms with Crippen LogP contribution >= 0.6 is 11.3 Å². The molecule has 0 radical (unpaired) electrons. The van der Waals surface area contributed by atoms with Gasteiger partial charge in [0.25, 0.3) is 0 Å². The summed E-state index contributed by atoms with van der Waals surface area (Å²) < 4.78 is 6.91. The molecule has 136 valence electrons. The minimum absolute atomic E-state index is 0.873. The lowest BCUT2D eigenvalue weighted by atomic mass is 9.88. The third kappa shape index (κ3) is 2.32. The van der Waals surface area contributed by atoms with E-state index in [1.54, 1.807) is 23.9 Å². The Bertz CT molecular complexity index is 1140. The fourth-order valence-electron chi connectivity index (χ4n) is 4.62. The van der Waals surface area contributed by atoms with E-state index in [-0.39, 0.29) is 0 Å². The maximum atomic E-state index is 5.72. The molecule has 1 saturated heterocycles. The molecular weight excluding hydrogens is 356 g/mol. The molecule has 0 amide bonds. The highest BCUT2D eigenvalue weighted by atomic mass is 32.1. The predicted octanol–water partition coefficient (Wildman–Crippen LogP) is 4.98. The lowest BCUT2D eigenvalue weighted by Crippen LogP contribution is -2.19. The molecule has 6 rings (SSSR count). The van der Waals surface area contributed by atoms with E-state index >= 15 is 0 Å². The fraction of sp³-hybridized carbons (Fsp3) is 0.381. The van der Waals surface area contributed by atoms with Gasteiger partial charge in [0.2, 0.25) is 0 Å². The number of hydrogen-bond donors (Lipinski definition) is 0. The molecule has 4 aromatic heterocycles. The van der Waals surface area contributed by atoms with Crippen LogP contribution in [0.2, 0.25) is 0 Å². The second-order valence-electron chi connectivity index (χ2n) is 7.45. The van der Waals surface area contributed by atoms with Crippen LogP contribution in [0.4, 0.5) is 5.82 Å². The SMILES string of the molecule is c1coc(-c2nc3sc4c(N5CCCC5)ncnc4c3c3c2CCCC3)c1. The molecule has 0 saturated carbocycles. The molecule has 2 aliphatic rings. The van der Waals surface area contributed by atoms with Crippen molar-refractivity contribution in [3.8, 4) is 11.5 Å². The average Bonchev–Trinajstić information content (AvgIpc) is 3.47. The van der Waals surface area contributed by atoms with Crippen molar-refractivity contribution in [3.63, 3.8) is 0 Å². The van der Waals surface area contributed by atoms with Gasteiger partial charge in [0.15, 0.2) is 5.76 Å². The molecular formula is C21H20N4OS. The average molecular weight is 376 g/mol. The van der Waals surface area contributed by atoms with Gasteiger partial charge in [-0.15, -0.1) is 11.3 Å². The maximum Gasteiger partial charge on any atom is 0.152 e. The first-order valence-corrected chi connectivity index (χ1v) is 10.6. The van der Waals surface area contributed by atoms with Crippen LogP contribution in [-0.2, 0) is 12.8 Å². The summed E-state index contributed by atoms with van der Waals surface area (Å²) in [6.07, 6.45) is 10.6. The van der Waals surface area contributed by atoms with Gasteiger partial charge in [0, 0.05) is 18.5 Å². The van der Waals surface area contributed by atoms with Crippen molar-refractivity contribution in [2.24, 2.45) is 0 Å². The topological polar surface area (TPSA) is 55.1 Å². The van der Waals surface area contributed by atoms with Gasteiger partial charge in [-0.25, -0.2) is 15.0 Å². The number of furan rings is 1. The standard InChI is InChI=1S/C21H20N4OS/c1-2-7-14-13(6-1)16-18-19(20(23-12-22-18)25-9-3-4-10-25)27-21(16)24-17(14)15-8-5-11-26-15/h5,8,11-12H,1-4,6-7,9-10H2. The zero-order chi connectivity index (χ0) is 17.8. The van der Waals surface area contributed by atoms with E-state index in [1.165, 1.54) is 46.9 Å². The van der Waals surface area contributed by atoms with Crippen molar-refractivity contribution in [3.05, 3.63) is 35.9 Å². The molecule has 0 bridgehead atoms. The normalized spacial score (nSPS) is 17.1. The van der Waals surface area contributed by atoms with E-state index in [4.69, 9.17) is 14.4 Å². The van der Waals surface area contributed by atoms with Crippen LogP contribution in [0.3, 0.4) is 0 Å². The van der Waals surface area contributed by atoms with Crippen molar-refractivity contribution in [1.82, 2.24) is 15.0 Å². The van der Waals surface area contributed by atoms with Crippen molar-refractivity contribution < 1.29 is 4.42 Å². The van der Waals surface area contributed by atoms with E-state index < -0.39 is 0 Å². The molecule has 0 spiro atoms. The summed E-state index contributed by atoms with van der Waals surface area (Å²) in [5.74, 6) is 1.96. The molecule has 1 fully saturated rings. The zero-order valence-corrected chi connectivity index (χ0v) is 15.9. The molecule has 6 heteroatoms. The Morgan fingerprint density at radius 3 is 2.67 bits per heavy atom. The summed E-state index contributed by atoms with van der Waals surface area (Å²) in [7, 11) is 0. The van der Waals surface area contributed by atoms with Gasteiger partial charge in [0.05, 0.1) is 16.5 Å². The van der Waals surface area contributed by atoms with Crippen LogP contribution in [0.15, 0.2) is 29.1 Å². The zero-order valence-electron chi connectivity index (χ0n) is 15.1. The molecule has 0 atom stereocenters. The smallest absolute Gasteiger partial charge is 0.152 e. The Morgan fingerprint density at radius 1 is 1.00 bits per heavy atom. The number of fused-ring (bicyclic) bond motifs is 5. The van der Waals surface area contributed by atoms with Gasteiger partial charge in [-0.3, -0.25) is 0 Å². The Labute approximate surface area is 161 Å². The minimum Gasteiger partial charge on any atom is -0.463 e. The van der Waals surface area contributed by atoms with Gasteiger partial charge in [0.1, 0.15) is 22.7 Å². The largest absolute Gasteiger partial charge is 0.463 e. The lowest BCUT2D eigenvalue weighted by Gasteiger charge is -2.19. The Balaban J connectivity index is 1.68. The summed E-state index contributed by atoms with van der Waals surface area (Å²) in [5, 5.41) is 1.25. The molecule has 1 aliphatic carbocycles. The number of pyridine rings is 1. The lowest BCUT2D eigenvalue weighted by molar-refractivity contribution is 0.577. The number of aryl methyl sites for hydroxylation is 1. The molecule has 5 nitrogen and oxygen atoms in total. The highest BCUT2D eigenvalue weighted by Crippen LogP contribution is 2.43. The van der Waals surface area contributed by atoms with Crippen LogP contribution in [0.5, 0.6) is 0 Å². The molecule has 0 unspecified atom stereocenters. The third-order valence-electron chi connectivity index (χ3n) is 5.86. The monoisotopic (exact) mass is 376 g/mol. The molecule has 5 heterocycles. The van der Waals surface area contributed by atoms with E-state index in [9.17, 15) is 0 Å². The summed E-state index contributed by atoms with van der Waals surface area (Å²) in [6.45, 7) is 2.17. The van der Waals surface area contributed by atoms with Crippen LogP contribution in [0, 0.1) is 0 Å². The number of hydrogen-bond acceptors (Lipinski definition) is 6. The fourth-order valence-corrected chi connectivity index (χ4v) is 5.80. The Kier molecular flexibility index (Phi) is 3.47. The summed E-state index contributed by atoms with van der Waals surface area (Å²) >= 11 is 1.74. The second-order valence-corrected chi connectivity index (χ2v) is 8.45. The van der Waals surface area contributed by atoms with E-state index in [1.807, 2.05) is 12.1 Å². The van der Waals surface area contributed by atoms with Crippen molar-refractivity contribution >= 4 is 37.6 Å². The number of nitrogens with zero attached hydrogens (tertiary/aromatic N) is 4. The molecule has 4 aromatic rings. The number of anilines is 1. The molecule has 0 N–H and O–H groups in total. The third-order valence-corrected chi connectivity index (χ3v) is 6.93. The van der Waals surface area contributed by atoms with Gasteiger partial charge >= 0.3 is 0 Å². The molecule has 1 aliphatic heterocycles. The summed E-state index contributed by atoms with van der Waals surface area (Å²) in [4.78, 5) is 17.9. The quantitative estimate of drug-likeness (QED) is 0.494. The first-order chi connectivity index (χ1) is 13.4. The summed E-state index contributed by atoms with van der Waals surface area (Å²) in [6, 6.07) is 3.96. The van der Waals surface area contributed by atoms with Gasteiger partial charge < -0.3 is 9.32 Å². The van der Waals surface area contributed by atoms with E-state index in [2.05, 4.69) is 9.88 Å². The minimum atomic E-state index is 0.873. The van der Waals surface area contributed by atoms with Crippen LogP contribution < -0.4 is 4.90 Å². The van der Waals surface area contributed by atoms with Gasteiger partial charge in [-0.2, -0.15) is 0 Å². The first kappa shape index (κ1) is 15.6. The first-order valence-electron chi connectivity index (χ1n) is 9.78. The van der Waals surface area contributed by atoms with Crippen molar-refractivity contribution in [2.75, 3.05) is 18.0 Å². The number of rotatable bonds is 2. The van der Waals surface area contributed by atoms with Crippen molar-refractivity contribution in [2.45, 2.75) is 38.5 Å². The highest BCUT2D eigenvalue weighted by molar-refractivity contribution is 7.26. The second kappa shape index (κ2) is 6.02. The number of aromatic nitrogens is 3. The van der Waals surface area contributed by atoms with Gasteiger partial charge in [-0.1, -0.05) is 0 Å². The highest BCUT2D eigenvalue weighted by Gasteiger charge is 2.26. The number of thiophene rings is 1. The molecule has 0 aromatic carbocycles. The van der Waals surface area contributed by atoms with Crippen molar-refractivity contribution in [1.29, 1.82) is 0 Å². The van der Waals surface area contributed by atoms with Gasteiger partial charge in [-0.05, 0) is 61.8 Å².